The van der Waals surface area contributed by atoms with Gasteiger partial charge in [0.2, 0.25) is 5.91 Å². The van der Waals surface area contributed by atoms with E-state index in [1.54, 1.807) is 21.9 Å². The lowest BCUT2D eigenvalue weighted by molar-refractivity contribution is -0.129. The SMILES string of the molecule is O=C(CSc1ccc(F)cc1F)N1CCN(C(=O)c2ccccc2)CC1. The van der Waals surface area contributed by atoms with Gasteiger partial charge in [0.05, 0.1) is 5.75 Å². The second-order valence-electron chi connectivity index (χ2n) is 5.90. The number of amides is 2. The van der Waals surface area contributed by atoms with Crippen LogP contribution in [0.15, 0.2) is 53.4 Å². The summed E-state index contributed by atoms with van der Waals surface area (Å²) in [6.45, 7) is 1.83. The number of rotatable bonds is 4. The summed E-state index contributed by atoms with van der Waals surface area (Å²) >= 11 is 1.05. The molecule has 4 nitrogen and oxygen atoms in total. The first-order valence-corrected chi connectivity index (χ1v) is 9.23. The Labute approximate surface area is 154 Å². The fraction of sp³-hybridized carbons (Fsp3) is 0.263. The molecule has 0 atom stereocenters. The first kappa shape index (κ1) is 18.4. The average molecular weight is 376 g/mol. The Balaban J connectivity index is 1.50. The zero-order chi connectivity index (χ0) is 18.5. The molecule has 0 unspecified atom stereocenters. The zero-order valence-electron chi connectivity index (χ0n) is 14.0. The van der Waals surface area contributed by atoms with Gasteiger partial charge in [0.25, 0.3) is 5.91 Å². The molecule has 1 aliphatic rings. The van der Waals surface area contributed by atoms with Crippen LogP contribution in [0, 0.1) is 11.6 Å². The highest BCUT2D eigenvalue weighted by Crippen LogP contribution is 2.23. The molecule has 0 bridgehead atoms. The van der Waals surface area contributed by atoms with Gasteiger partial charge in [-0.15, -0.1) is 11.8 Å². The standard InChI is InChI=1S/C19H18F2N2O2S/c20-15-6-7-17(16(21)12-15)26-13-18(24)22-8-10-23(11-9-22)19(25)14-4-2-1-3-5-14/h1-7,12H,8-11,13H2. The normalized spacial score (nSPS) is 14.4. The summed E-state index contributed by atoms with van der Waals surface area (Å²) in [5.41, 5.74) is 0.634. The monoisotopic (exact) mass is 376 g/mol. The van der Waals surface area contributed by atoms with E-state index in [0.29, 0.717) is 31.7 Å². The van der Waals surface area contributed by atoms with Gasteiger partial charge in [-0.3, -0.25) is 9.59 Å². The molecule has 136 valence electrons. The number of thioether (sulfide) groups is 1. The molecule has 3 rings (SSSR count). The molecule has 0 saturated carbocycles. The van der Waals surface area contributed by atoms with Crippen LogP contribution in [0.25, 0.3) is 0 Å². The van der Waals surface area contributed by atoms with Gasteiger partial charge >= 0.3 is 0 Å². The summed E-state index contributed by atoms with van der Waals surface area (Å²) in [6.07, 6.45) is 0. The number of hydrogen-bond donors (Lipinski definition) is 0. The third-order valence-electron chi connectivity index (χ3n) is 4.19. The summed E-state index contributed by atoms with van der Waals surface area (Å²) in [4.78, 5) is 28.3. The summed E-state index contributed by atoms with van der Waals surface area (Å²) in [7, 11) is 0. The molecule has 1 saturated heterocycles. The smallest absolute Gasteiger partial charge is 0.253 e. The summed E-state index contributed by atoms with van der Waals surface area (Å²) in [5.74, 6) is -1.39. The molecule has 2 amide bonds. The van der Waals surface area contributed by atoms with E-state index in [2.05, 4.69) is 0 Å². The summed E-state index contributed by atoms with van der Waals surface area (Å²) < 4.78 is 26.5. The highest BCUT2D eigenvalue weighted by atomic mass is 32.2. The van der Waals surface area contributed by atoms with Crippen molar-refractivity contribution in [3.8, 4) is 0 Å². The Morgan fingerprint density at radius 1 is 0.923 bits per heavy atom. The fourth-order valence-corrected chi connectivity index (χ4v) is 3.57. The first-order chi connectivity index (χ1) is 12.5. The van der Waals surface area contributed by atoms with E-state index in [9.17, 15) is 18.4 Å². The molecule has 2 aromatic carbocycles. The van der Waals surface area contributed by atoms with Crippen molar-refractivity contribution in [3.05, 3.63) is 65.7 Å². The number of piperazine rings is 1. The number of halogens is 2. The van der Waals surface area contributed by atoms with E-state index in [0.717, 1.165) is 17.8 Å². The van der Waals surface area contributed by atoms with Gasteiger partial charge in [0.15, 0.2) is 0 Å². The van der Waals surface area contributed by atoms with Gasteiger partial charge in [-0.05, 0) is 24.3 Å². The van der Waals surface area contributed by atoms with Gasteiger partial charge in [-0.25, -0.2) is 8.78 Å². The highest BCUT2D eigenvalue weighted by molar-refractivity contribution is 8.00. The Morgan fingerprint density at radius 3 is 2.23 bits per heavy atom. The number of benzene rings is 2. The van der Waals surface area contributed by atoms with Crippen LogP contribution in [0.3, 0.4) is 0 Å². The lowest BCUT2D eigenvalue weighted by Crippen LogP contribution is -2.51. The molecule has 0 radical (unpaired) electrons. The maximum atomic E-state index is 13.6. The van der Waals surface area contributed by atoms with E-state index in [1.165, 1.54) is 12.1 Å². The van der Waals surface area contributed by atoms with Gasteiger partial charge in [0.1, 0.15) is 11.6 Å². The molecule has 1 aliphatic heterocycles. The quantitative estimate of drug-likeness (QED) is 0.770. The highest BCUT2D eigenvalue weighted by Gasteiger charge is 2.24. The van der Waals surface area contributed by atoms with Crippen LogP contribution >= 0.6 is 11.8 Å². The second kappa shape index (κ2) is 8.31. The van der Waals surface area contributed by atoms with E-state index in [1.807, 2.05) is 18.2 Å². The zero-order valence-corrected chi connectivity index (χ0v) is 14.8. The van der Waals surface area contributed by atoms with E-state index in [4.69, 9.17) is 0 Å². The molecule has 1 heterocycles. The largest absolute Gasteiger partial charge is 0.338 e. The average Bonchev–Trinajstić information content (AvgIpc) is 2.67. The first-order valence-electron chi connectivity index (χ1n) is 8.24. The number of carbonyl (C=O) groups is 2. The Hall–Kier alpha value is -2.41. The Kier molecular flexibility index (Phi) is 5.88. The van der Waals surface area contributed by atoms with Crippen LogP contribution in [0.1, 0.15) is 10.4 Å². The second-order valence-corrected chi connectivity index (χ2v) is 6.92. The van der Waals surface area contributed by atoms with Gasteiger partial charge < -0.3 is 9.80 Å². The molecular weight excluding hydrogens is 358 g/mol. The van der Waals surface area contributed by atoms with Crippen molar-refractivity contribution in [1.82, 2.24) is 9.80 Å². The molecule has 7 heteroatoms. The third kappa shape index (κ3) is 4.40. The van der Waals surface area contributed by atoms with Gasteiger partial charge in [-0.1, -0.05) is 18.2 Å². The van der Waals surface area contributed by atoms with E-state index in [-0.39, 0.29) is 22.5 Å². The number of nitrogens with zero attached hydrogens (tertiary/aromatic N) is 2. The maximum Gasteiger partial charge on any atom is 0.253 e. The molecule has 0 aromatic heterocycles. The van der Waals surface area contributed by atoms with Crippen LogP contribution in [0.2, 0.25) is 0 Å². The van der Waals surface area contributed by atoms with Crippen molar-refractivity contribution in [2.75, 3.05) is 31.9 Å². The maximum absolute atomic E-state index is 13.6. The molecule has 0 spiro atoms. The summed E-state index contributed by atoms with van der Waals surface area (Å²) in [6, 6.07) is 12.3. The minimum absolute atomic E-state index is 0.0412. The van der Waals surface area contributed by atoms with Crippen molar-refractivity contribution < 1.29 is 18.4 Å². The Morgan fingerprint density at radius 2 is 1.58 bits per heavy atom. The van der Waals surface area contributed by atoms with Crippen molar-refractivity contribution in [2.24, 2.45) is 0 Å². The van der Waals surface area contributed by atoms with Crippen molar-refractivity contribution in [3.63, 3.8) is 0 Å². The van der Waals surface area contributed by atoms with Crippen LogP contribution in [-0.4, -0.2) is 53.5 Å². The van der Waals surface area contributed by atoms with Crippen LogP contribution in [0.5, 0.6) is 0 Å². The fourth-order valence-electron chi connectivity index (χ4n) is 2.75. The van der Waals surface area contributed by atoms with Crippen LogP contribution in [-0.2, 0) is 4.79 Å². The molecule has 1 fully saturated rings. The predicted octanol–water partition coefficient (Wildman–Crippen LogP) is 3.04. The van der Waals surface area contributed by atoms with Crippen molar-refractivity contribution >= 4 is 23.6 Å². The molecule has 2 aromatic rings. The van der Waals surface area contributed by atoms with E-state index >= 15 is 0 Å². The van der Waals surface area contributed by atoms with Gasteiger partial charge in [0, 0.05) is 42.7 Å². The van der Waals surface area contributed by atoms with Crippen LogP contribution in [0.4, 0.5) is 8.78 Å². The predicted molar refractivity (Wildman–Crippen MR) is 96.0 cm³/mol. The lowest BCUT2D eigenvalue weighted by atomic mass is 10.2. The minimum Gasteiger partial charge on any atom is -0.338 e. The Bertz CT molecular complexity index is 793. The molecular formula is C19H18F2N2O2S. The lowest BCUT2D eigenvalue weighted by Gasteiger charge is -2.34. The number of hydrogen-bond acceptors (Lipinski definition) is 3. The third-order valence-corrected chi connectivity index (χ3v) is 5.22. The number of carbonyl (C=O) groups excluding carboxylic acids is 2. The van der Waals surface area contributed by atoms with Crippen molar-refractivity contribution in [1.29, 1.82) is 0 Å². The topological polar surface area (TPSA) is 40.6 Å². The molecule has 0 aliphatic carbocycles. The van der Waals surface area contributed by atoms with Gasteiger partial charge in [-0.2, -0.15) is 0 Å². The van der Waals surface area contributed by atoms with Crippen molar-refractivity contribution in [2.45, 2.75) is 4.90 Å². The van der Waals surface area contributed by atoms with Crippen LogP contribution < -0.4 is 0 Å². The minimum atomic E-state index is -0.666. The summed E-state index contributed by atoms with van der Waals surface area (Å²) in [5, 5.41) is 0. The molecule has 0 N–H and O–H groups in total. The molecule has 26 heavy (non-hydrogen) atoms. The van der Waals surface area contributed by atoms with E-state index < -0.39 is 11.6 Å².